The third kappa shape index (κ3) is 4.13. The second-order valence-electron chi connectivity index (χ2n) is 6.31. The van der Waals surface area contributed by atoms with E-state index in [4.69, 9.17) is 0 Å². The van der Waals surface area contributed by atoms with Crippen LogP contribution < -0.4 is 5.32 Å². The van der Waals surface area contributed by atoms with Crippen LogP contribution in [-0.2, 0) is 6.42 Å². The second-order valence-corrected chi connectivity index (χ2v) is 6.31. The molecule has 0 heterocycles. The number of benzene rings is 1. The molecule has 1 rings (SSSR count). The first kappa shape index (κ1) is 15.2. The fourth-order valence-corrected chi connectivity index (χ4v) is 1.99. The van der Waals surface area contributed by atoms with Crippen LogP contribution in [0.4, 0.5) is 0 Å². The topological polar surface area (TPSA) is 12.0 Å². The first-order valence-electron chi connectivity index (χ1n) is 7.23. The highest BCUT2D eigenvalue weighted by Crippen LogP contribution is 2.24. The van der Waals surface area contributed by atoms with Crippen LogP contribution in [0.3, 0.4) is 0 Å². The molecule has 2 atom stereocenters. The Labute approximate surface area is 113 Å². The van der Waals surface area contributed by atoms with Crippen molar-refractivity contribution in [2.45, 2.75) is 66.5 Å². The van der Waals surface area contributed by atoms with Crippen molar-refractivity contribution >= 4 is 0 Å². The van der Waals surface area contributed by atoms with Gasteiger partial charge in [0.25, 0.3) is 0 Å². The minimum Gasteiger partial charge on any atom is -0.307 e. The van der Waals surface area contributed by atoms with E-state index in [1.54, 1.807) is 0 Å². The molecule has 2 unspecified atom stereocenters. The summed E-state index contributed by atoms with van der Waals surface area (Å²) in [6, 6.07) is 10.0. The zero-order valence-corrected chi connectivity index (χ0v) is 12.9. The van der Waals surface area contributed by atoms with Crippen LogP contribution in [0.5, 0.6) is 0 Å². The molecule has 1 N–H and O–H groups in total. The van der Waals surface area contributed by atoms with Gasteiger partial charge in [0.15, 0.2) is 0 Å². The Bertz CT molecular complexity index is 345. The lowest BCUT2D eigenvalue weighted by atomic mass is 9.87. The maximum atomic E-state index is 3.76. The average molecular weight is 247 g/mol. The van der Waals surface area contributed by atoms with Crippen molar-refractivity contribution < 1.29 is 0 Å². The summed E-state index contributed by atoms with van der Waals surface area (Å²) in [4.78, 5) is 0. The van der Waals surface area contributed by atoms with Gasteiger partial charge in [0.05, 0.1) is 0 Å². The van der Waals surface area contributed by atoms with E-state index in [9.17, 15) is 0 Å². The summed E-state index contributed by atoms with van der Waals surface area (Å²) in [6.07, 6.45) is 2.24. The Morgan fingerprint density at radius 1 is 1.06 bits per heavy atom. The molecular formula is C17H29N. The Hall–Kier alpha value is -0.820. The first-order chi connectivity index (χ1) is 8.38. The molecule has 1 nitrogen and oxygen atoms in total. The van der Waals surface area contributed by atoms with E-state index in [2.05, 4.69) is 71.1 Å². The maximum Gasteiger partial charge on any atom is 0.0320 e. The van der Waals surface area contributed by atoms with Gasteiger partial charge in [-0.2, -0.15) is 0 Å². The average Bonchev–Trinajstić information content (AvgIpc) is 2.34. The minimum atomic E-state index is 0.302. The smallest absolute Gasteiger partial charge is 0.0320 e. The van der Waals surface area contributed by atoms with Gasteiger partial charge in [-0.1, -0.05) is 58.9 Å². The lowest BCUT2D eigenvalue weighted by molar-refractivity contribution is 0.260. The molecule has 0 saturated heterocycles. The lowest BCUT2D eigenvalue weighted by Crippen LogP contribution is -2.39. The van der Waals surface area contributed by atoms with Gasteiger partial charge < -0.3 is 5.32 Å². The Balaban J connectivity index is 2.76. The van der Waals surface area contributed by atoms with Crippen molar-refractivity contribution in [2.24, 2.45) is 5.41 Å². The summed E-state index contributed by atoms with van der Waals surface area (Å²) in [7, 11) is 0. The first-order valence-corrected chi connectivity index (χ1v) is 7.23. The molecule has 0 aromatic heterocycles. The minimum absolute atomic E-state index is 0.302. The van der Waals surface area contributed by atoms with Gasteiger partial charge in [-0.3, -0.25) is 0 Å². The molecule has 102 valence electrons. The number of hydrogen-bond donors (Lipinski definition) is 1. The zero-order chi connectivity index (χ0) is 13.8. The molecule has 0 aliphatic heterocycles. The van der Waals surface area contributed by atoms with Crippen molar-refractivity contribution in [2.75, 3.05) is 0 Å². The third-order valence-electron chi connectivity index (χ3n) is 3.95. The summed E-state index contributed by atoms with van der Waals surface area (Å²) in [5.74, 6) is 0. The van der Waals surface area contributed by atoms with E-state index in [1.165, 1.54) is 11.1 Å². The van der Waals surface area contributed by atoms with Crippen molar-refractivity contribution in [1.29, 1.82) is 0 Å². The van der Waals surface area contributed by atoms with Gasteiger partial charge in [0.2, 0.25) is 0 Å². The van der Waals surface area contributed by atoms with Crippen molar-refractivity contribution in [3.8, 4) is 0 Å². The van der Waals surface area contributed by atoms with Crippen LogP contribution >= 0.6 is 0 Å². The van der Waals surface area contributed by atoms with Crippen molar-refractivity contribution in [3.63, 3.8) is 0 Å². The van der Waals surface area contributed by atoms with Crippen LogP contribution in [0.2, 0.25) is 0 Å². The van der Waals surface area contributed by atoms with Gasteiger partial charge >= 0.3 is 0 Å². The Morgan fingerprint density at radius 3 is 2.00 bits per heavy atom. The number of rotatable bonds is 5. The highest BCUT2D eigenvalue weighted by atomic mass is 15.0. The maximum absolute atomic E-state index is 3.76. The molecule has 1 aromatic rings. The summed E-state index contributed by atoms with van der Waals surface area (Å²) in [5.41, 5.74) is 3.12. The van der Waals surface area contributed by atoms with Gasteiger partial charge in [0.1, 0.15) is 0 Å². The Morgan fingerprint density at radius 2 is 1.61 bits per heavy atom. The molecule has 0 aliphatic rings. The fraction of sp³-hybridized carbons (Fsp3) is 0.647. The van der Waals surface area contributed by atoms with E-state index in [1.807, 2.05) is 0 Å². The van der Waals surface area contributed by atoms with Crippen LogP contribution in [0.25, 0.3) is 0 Å². The largest absolute Gasteiger partial charge is 0.307 e. The van der Waals surface area contributed by atoms with E-state index < -0.39 is 0 Å². The predicted octanol–water partition coefficient (Wildman–Crippen LogP) is 4.72. The second kappa shape index (κ2) is 6.38. The predicted molar refractivity (Wildman–Crippen MR) is 80.9 cm³/mol. The highest BCUT2D eigenvalue weighted by Gasteiger charge is 2.22. The van der Waals surface area contributed by atoms with Gasteiger partial charge in [0, 0.05) is 12.1 Å². The van der Waals surface area contributed by atoms with Crippen LogP contribution in [0, 0.1) is 5.41 Å². The normalized spacial score (nSPS) is 15.4. The highest BCUT2D eigenvalue weighted by molar-refractivity contribution is 5.25. The SMILES string of the molecule is CCc1ccc(C(CC)NC(C)C(C)(C)C)cc1. The number of aryl methyl sites for hydroxylation is 1. The van der Waals surface area contributed by atoms with E-state index in [-0.39, 0.29) is 0 Å². The molecule has 0 spiro atoms. The summed E-state index contributed by atoms with van der Waals surface area (Å²) < 4.78 is 0. The van der Waals surface area contributed by atoms with Gasteiger partial charge in [-0.15, -0.1) is 0 Å². The fourth-order valence-electron chi connectivity index (χ4n) is 1.99. The monoisotopic (exact) mass is 247 g/mol. The van der Waals surface area contributed by atoms with Crippen LogP contribution in [0.15, 0.2) is 24.3 Å². The van der Waals surface area contributed by atoms with E-state index in [0.29, 0.717) is 17.5 Å². The molecule has 18 heavy (non-hydrogen) atoms. The van der Waals surface area contributed by atoms with Crippen molar-refractivity contribution in [3.05, 3.63) is 35.4 Å². The number of hydrogen-bond acceptors (Lipinski definition) is 1. The van der Waals surface area contributed by atoms with E-state index >= 15 is 0 Å². The molecular weight excluding hydrogens is 218 g/mol. The zero-order valence-electron chi connectivity index (χ0n) is 12.9. The molecule has 0 saturated carbocycles. The quantitative estimate of drug-likeness (QED) is 0.793. The van der Waals surface area contributed by atoms with Crippen LogP contribution in [0.1, 0.15) is 65.1 Å². The van der Waals surface area contributed by atoms with Crippen LogP contribution in [-0.4, -0.2) is 6.04 Å². The standard InChI is InChI=1S/C17H29N/c1-7-14-9-11-15(12-10-14)16(8-2)18-13(3)17(4,5)6/h9-13,16,18H,7-8H2,1-6H3. The lowest BCUT2D eigenvalue weighted by Gasteiger charge is -2.32. The summed E-state index contributed by atoms with van der Waals surface area (Å²) in [6.45, 7) is 13.6. The Kier molecular flexibility index (Phi) is 5.40. The molecule has 0 amide bonds. The van der Waals surface area contributed by atoms with E-state index in [0.717, 1.165) is 12.8 Å². The molecule has 1 heteroatoms. The molecule has 0 aliphatic carbocycles. The summed E-state index contributed by atoms with van der Waals surface area (Å²) >= 11 is 0. The van der Waals surface area contributed by atoms with Gasteiger partial charge in [-0.05, 0) is 36.3 Å². The summed E-state index contributed by atoms with van der Waals surface area (Å²) in [5, 5.41) is 3.76. The van der Waals surface area contributed by atoms with Gasteiger partial charge in [-0.25, -0.2) is 0 Å². The third-order valence-corrected chi connectivity index (χ3v) is 3.95. The molecule has 0 fully saturated rings. The molecule has 0 bridgehead atoms. The molecule has 0 radical (unpaired) electrons. The molecule has 1 aromatic carbocycles. The number of nitrogens with one attached hydrogen (secondary N) is 1. The van der Waals surface area contributed by atoms with Crippen molar-refractivity contribution in [1.82, 2.24) is 5.32 Å².